The maximum atomic E-state index is 10.3. The van der Waals surface area contributed by atoms with Crippen molar-refractivity contribution in [1.29, 1.82) is 0 Å². The first kappa shape index (κ1) is 16.0. The molecule has 1 aromatic heterocycles. The van der Waals surface area contributed by atoms with E-state index in [2.05, 4.69) is 22.6 Å². The average molecular weight is 349 g/mol. The number of aryl methyl sites for hydroxylation is 1. The number of ether oxygens (including phenoxy) is 1. The first-order valence-electron chi connectivity index (χ1n) is 8.21. The molecule has 3 heterocycles. The molecule has 0 saturated carbocycles. The van der Waals surface area contributed by atoms with E-state index in [-0.39, 0.29) is 12.1 Å². The quantitative estimate of drug-likeness (QED) is 0.827. The van der Waals surface area contributed by atoms with Gasteiger partial charge in [-0.3, -0.25) is 4.68 Å². The molecule has 2 aliphatic rings. The molecule has 24 heavy (non-hydrogen) atoms. The maximum Gasteiger partial charge on any atom is 0.103 e. The van der Waals surface area contributed by atoms with Crippen LogP contribution in [0.4, 0.5) is 0 Å². The standard InChI is InChI=1S/C17H21ClN4O2/c1-10-6-17(7-14(19-10)15-8-22(2)21-20-15)13-5-11(18)3-4-12(13)16(23)9-24-17/h3-5,8,10,14,16,19,23H,6-7,9H2,1-2H3/t10-,14-,16-,17-/m0/s1. The number of benzene rings is 1. The second-order valence-electron chi connectivity index (χ2n) is 6.90. The zero-order valence-corrected chi connectivity index (χ0v) is 14.5. The summed E-state index contributed by atoms with van der Waals surface area (Å²) < 4.78 is 7.93. The minimum Gasteiger partial charge on any atom is -0.386 e. The predicted octanol–water partition coefficient (Wildman–Crippen LogP) is 2.24. The van der Waals surface area contributed by atoms with Crippen molar-refractivity contribution in [3.8, 4) is 0 Å². The summed E-state index contributed by atoms with van der Waals surface area (Å²) in [6, 6.07) is 5.96. The Morgan fingerprint density at radius 1 is 1.42 bits per heavy atom. The van der Waals surface area contributed by atoms with Crippen LogP contribution < -0.4 is 5.32 Å². The van der Waals surface area contributed by atoms with Crippen molar-refractivity contribution in [2.75, 3.05) is 6.61 Å². The highest BCUT2D eigenvalue weighted by Gasteiger charge is 2.47. The van der Waals surface area contributed by atoms with E-state index in [4.69, 9.17) is 16.3 Å². The van der Waals surface area contributed by atoms with Crippen molar-refractivity contribution in [2.24, 2.45) is 7.05 Å². The number of rotatable bonds is 1. The zero-order valence-electron chi connectivity index (χ0n) is 13.7. The summed E-state index contributed by atoms with van der Waals surface area (Å²) in [7, 11) is 1.86. The highest BCUT2D eigenvalue weighted by Crippen LogP contribution is 2.48. The SMILES string of the molecule is C[C@H]1C[C@@]2(C[C@@H](c3cn(C)nn3)N1)OC[C@H](O)c1ccc(Cl)cc12. The number of hydrogen-bond donors (Lipinski definition) is 2. The molecule has 6 nitrogen and oxygen atoms in total. The van der Waals surface area contributed by atoms with Gasteiger partial charge in [-0.25, -0.2) is 0 Å². The monoisotopic (exact) mass is 348 g/mol. The number of halogens is 1. The van der Waals surface area contributed by atoms with Crippen molar-refractivity contribution in [3.05, 3.63) is 46.2 Å². The fourth-order valence-corrected chi connectivity index (χ4v) is 4.21. The molecule has 0 amide bonds. The highest BCUT2D eigenvalue weighted by molar-refractivity contribution is 6.30. The van der Waals surface area contributed by atoms with Crippen molar-refractivity contribution >= 4 is 11.6 Å². The second kappa shape index (κ2) is 5.81. The Balaban J connectivity index is 1.76. The van der Waals surface area contributed by atoms with E-state index in [0.29, 0.717) is 11.6 Å². The van der Waals surface area contributed by atoms with E-state index in [0.717, 1.165) is 29.7 Å². The lowest BCUT2D eigenvalue weighted by atomic mass is 9.74. The Kier molecular flexibility index (Phi) is 3.88. The lowest BCUT2D eigenvalue weighted by molar-refractivity contribution is -0.132. The molecule has 2 N–H and O–H groups in total. The molecule has 1 spiro atoms. The third-order valence-electron chi connectivity index (χ3n) is 5.02. The van der Waals surface area contributed by atoms with Crippen LogP contribution >= 0.6 is 11.6 Å². The van der Waals surface area contributed by atoms with Crippen molar-refractivity contribution in [1.82, 2.24) is 20.3 Å². The summed E-state index contributed by atoms with van der Waals surface area (Å²) in [4.78, 5) is 0. The molecule has 2 aliphatic heterocycles. The van der Waals surface area contributed by atoms with Gasteiger partial charge in [0.2, 0.25) is 0 Å². The van der Waals surface area contributed by atoms with E-state index in [9.17, 15) is 5.11 Å². The Labute approximate surface area is 145 Å². The molecule has 7 heteroatoms. The number of nitrogens with zero attached hydrogens (tertiary/aromatic N) is 3. The fourth-order valence-electron chi connectivity index (χ4n) is 4.04. The zero-order chi connectivity index (χ0) is 16.9. The van der Waals surface area contributed by atoms with Crippen LogP contribution in [0.1, 0.15) is 48.7 Å². The van der Waals surface area contributed by atoms with E-state index in [1.807, 2.05) is 31.4 Å². The van der Waals surface area contributed by atoms with E-state index in [1.165, 1.54) is 0 Å². The van der Waals surface area contributed by atoms with Gasteiger partial charge in [0.15, 0.2) is 0 Å². The van der Waals surface area contributed by atoms with Gasteiger partial charge >= 0.3 is 0 Å². The molecule has 0 aliphatic carbocycles. The third kappa shape index (κ3) is 2.63. The highest BCUT2D eigenvalue weighted by atomic mass is 35.5. The Hall–Kier alpha value is -1.47. The Bertz CT molecular complexity index is 765. The van der Waals surface area contributed by atoms with Gasteiger partial charge in [0, 0.05) is 30.7 Å². The van der Waals surface area contributed by atoms with Crippen LogP contribution in [0.5, 0.6) is 0 Å². The number of piperidine rings is 1. The van der Waals surface area contributed by atoms with Crippen LogP contribution in [0.2, 0.25) is 5.02 Å². The third-order valence-corrected chi connectivity index (χ3v) is 5.25. The summed E-state index contributed by atoms with van der Waals surface area (Å²) >= 11 is 6.24. The summed E-state index contributed by atoms with van der Waals surface area (Å²) in [5, 5.41) is 22.9. The van der Waals surface area contributed by atoms with Gasteiger partial charge in [0.1, 0.15) is 6.10 Å². The van der Waals surface area contributed by atoms with Gasteiger partial charge in [-0.05, 0) is 36.6 Å². The number of nitrogens with one attached hydrogen (secondary N) is 1. The Morgan fingerprint density at radius 3 is 3.00 bits per heavy atom. The van der Waals surface area contributed by atoms with E-state index in [1.54, 1.807) is 4.68 Å². The van der Waals surface area contributed by atoms with E-state index >= 15 is 0 Å². The number of aliphatic hydroxyl groups is 1. The normalized spacial score (nSPS) is 32.8. The molecule has 2 aromatic rings. The molecular formula is C17H21ClN4O2. The lowest BCUT2D eigenvalue weighted by Gasteiger charge is -2.47. The molecule has 4 rings (SSSR count). The molecule has 1 aromatic carbocycles. The second-order valence-corrected chi connectivity index (χ2v) is 7.33. The minimum absolute atomic E-state index is 0.0459. The molecule has 1 saturated heterocycles. The lowest BCUT2D eigenvalue weighted by Crippen LogP contribution is -2.50. The first-order chi connectivity index (χ1) is 11.5. The van der Waals surface area contributed by atoms with Crippen molar-refractivity contribution < 1.29 is 9.84 Å². The predicted molar refractivity (Wildman–Crippen MR) is 89.6 cm³/mol. The van der Waals surface area contributed by atoms with E-state index < -0.39 is 11.7 Å². The maximum absolute atomic E-state index is 10.3. The molecule has 0 bridgehead atoms. The number of aromatic nitrogens is 3. The largest absolute Gasteiger partial charge is 0.386 e. The topological polar surface area (TPSA) is 72.2 Å². The number of fused-ring (bicyclic) bond motifs is 2. The van der Waals surface area contributed by atoms with Crippen LogP contribution in [-0.2, 0) is 17.4 Å². The number of hydrogen-bond acceptors (Lipinski definition) is 5. The van der Waals surface area contributed by atoms with Crippen LogP contribution in [0.3, 0.4) is 0 Å². The average Bonchev–Trinajstić information content (AvgIpc) is 2.98. The van der Waals surface area contributed by atoms with Gasteiger partial charge in [-0.2, -0.15) is 0 Å². The smallest absolute Gasteiger partial charge is 0.103 e. The van der Waals surface area contributed by atoms with Gasteiger partial charge in [-0.15, -0.1) is 5.10 Å². The van der Waals surface area contributed by atoms with Gasteiger partial charge < -0.3 is 15.2 Å². The van der Waals surface area contributed by atoms with Crippen LogP contribution in [0.25, 0.3) is 0 Å². The molecular weight excluding hydrogens is 328 g/mol. The molecule has 4 atom stereocenters. The molecule has 128 valence electrons. The van der Waals surface area contributed by atoms with Gasteiger partial charge in [0.25, 0.3) is 0 Å². The molecule has 1 fully saturated rings. The summed E-state index contributed by atoms with van der Waals surface area (Å²) in [6.07, 6.45) is 2.88. The summed E-state index contributed by atoms with van der Waals surface area (Å²) in [5.41, 5.74) is 2.35. The Morgan fingerprint density at radius 2 is 2.25 bits per heavy atom. The van der Waals surface area contributed by atoms with Crippen LogP contribution in [0, 0.1) is 0 Å². The van der Waals surface area contributed by atoms with Crippen molar-refractivity contribution in [2.45, 2.75) is 43.6 Å². The van der Waals surface area contributed by atoms with Crippen LogP contribution in [0.15, 0.2) is 24.4 Å². The summed E-state index contributed by atoms with van der Waals surface area (Å²) in [6.45, 7) is 2.44. The molecule has 0 unspecified atom stereocenters. The first-order valence-corrected chi connectivity index (χ1v) is 8.59. The number of aliphatic hydroxyl groups excluding tert-OH is 1. The fraction of sp³-hybridized carbons (Fsp3) is 0.529. The summed E-state index contributed by atoms with van der Waals surface area (Å²) in [5.74, 6) is 0. The molecule has 0 radical (unpaired) electrons. The minimum atomic E-state index is -0.608. The van der Waals surface area contributed by atoms with Gasteiger partial charge in [-0.1, -0.05) is 22.9 Å². The van der Waals surface area contributed by atoms with Crippen LogP contribution in [-0.4, -0.2) is 32.7 Å². The van der Waals surface area contributed by atoms with Crippen molar-refractivity contribution in [3.63, 3.8) is 0 Å². The van der Waals surface area contributed by atoms with Gasteiger partial charge in [0.05, 0.1) is 23.9 Å².